The Morgan fingerprint density at radius 2 is 1.84 bits per heavy atom. The highest BCUT2D eigenvalue weighted by atomic mass is 16.2. The number of hydrogen-bond donors (Lipinski definition) is 1. The lowest BCUT2D eigenvalue weighted by Gasteiger charge is -2.40. The Kier molecular flexibility index (Phi) is 3.81. The highest BCUT2D eigenvalue weighted by molar-refractivity contribution is 5.78. The summed E-state index contributed by atoms with van der Waals surface area (Å²) in [6.45, 7) is 3.78. The first-order chi connectivity index (χ1) is 9.15. The summed E-state index contributed by atoms with van der Waals surface area (Å²) in [7, 11) is 0. The van der Waals surface area contributed by atoms with E-state index in [4.69, 9.17) is 5.73 Å². The minimum Gasteiger partial charge on any atom is -0.339 e. The van der Waals surface area contributed by atoms with Crippen LogP contribution in [0.5, 0.6) is 0 Å². The molecule has 0 spiro atoms. The zero-order chi connectivity index (χ0) is 13.4. The summed E-state index contributed by atoms with van der Waals surface area (Å²) in [6, 6.07) is 1.93. The molecule has 0 aromatic heterocycles. The Balaban J connectivity index is 1.60. The van der Waals surface area contributed by atoms with Crippen molar-refractivity contribution in [2.75, 3.05) is 13.1 Å². The van der Waals surface area contributed by atoms with Gasteiger partial charge in [-0.1, -0.05) is 0 Å². The summed E-state index contributed by atoms with van der Waals surface area (Å²) in [4.78, 5) is 17.1. The predicted octanol–water partition coefficient (Wildman–Crippen LogP) is 1.34. The van der Waals surface area contributed by atoms with Crippen LogP contribution in [-0.4, -0.2) is 53.0 Å². The summed E-state index contributed by atoms with van der Waals surface area (Å²) in [6.07, 6.45) is 8.26. The molecule has 3 atom stereocenters. The van der Waals surface area contributed by atoms with Crippen LogP contribution in [0.15, 0.2) is 0 Å². The third-order valence-electron chi connectivity index (χ3n) is 5.36. The van der Waals surface area contributed by atoms with Crippen molar-refractivity contribution in [3.8, 4) is 0 Å². The second kappa shape index (κ2) is 5.41. The zero-order valence-electron chi connectivity index (χ0n) is 12.1. The molecule has 0 aromatic carbocycles. The third-order valence-corrected chi connectivity index (χ3v) is 5.36. The summed E-state index contributed by atoms with van der Waals surface area (Å²) >= 11 is 0. The highest BCUT2D eigenvalue weighted by Gasteiger charge is 2.41. The smallest absolute Gasteiger partial charge is 0.237 e. The van der Waals surface area contributed by atoms with Gasteiger partial charge in [0.25, 0.3) is 0 Å². The van der Waals surface area contributed by atoms with Crippen molar-refractivity contribution in [2.24, 2.45) is 5.73 Å². The molecule has 3 fully saturated rings. The Morgan fingerprint density at radius 3 is 2.47 bits per heavy atom. The lowest BCUT2D eigenvalue weighted by atomic mass is 9.98. The van der Waals surface area contributed by atoms with Crippen LogP contribution in [0.2, 0.25) is 0 Å². The fraction of sp³-hybridized carbons (Fsp3) is 0.933. The van der Waals surface area contributed by atoms with Crippen LogP contribution in [0.4, 0.5) is 0 Å². The number of likely N-dealkylation sites (tertiary alicyclic amines) is 1. The molecule has 4 heteroatoms. The quantitative estimate of drug-likeness (QED) is 0.820. The second-order valence-electron chi connectivity index (χ2n) is 6.72. The van der Waals surface area contributed by atoms with Gasteiger partial charge in [-0.25, -0.2) is 0 Å². The molecule has 3 unspecified atom stereocenters. The van der Waals surface area contributed by atoms with E-state index in [0.29, 0.717) is 36.6 Å². The average molecular weight is 265 g/mol. The van der Waals surface area contributed by atoms with Crippen LogP contribution < -0.4 is 5.73 Å². The maximum absolute atomic E-state index is 12.5. The zero-order valence-corrected chi connectivity index (χ0v) is 12.1. The van der Waals surface area contributed by atoms with Crippen molar-refractivity contribution in [3.63, 3.8) is 0 Å². The van der Waals surface area contributed by atoms with E-state index >= 15 is 0 Å². The van der Waals surface area contributed by atoms with E-state index in [9.17, 15) is 4.79 Å². The fourth-order valence-corrected chi connectivity index (χ4v) is 4.29. The summed E-state index contributed by atoms with van der Waals surface area (Å²) < 4.78 is 0. The second-order valence-corrected chi connectivity index (χ2v) is 6.72. The lowest BCUT2D eigenvalue weighted by Crippen LogP contribution is -2.53. The number of nitrogens with two attached hydrogens (primary N) is 1. The first-order valence-electron chi connectivity index (χ1n) is 7.96. The van der Waals surface area contributed by atoms with Gasteiger partial charge >= 0.3 is 0 Å². The van der Waals surface area contributed by atoms with Crippen LogP contribution in [-0.2, 0) is 4.79 Å². The average Bonchev–Trinajstić information content (AvgIpc) is 2.62. The molecule has 0 saturated carbocycles. The van der Waals surface area contributed by atoms with E-state index in [0.717, 1.165) is 19.4 Å². The summed E-state index contributed by atoms with van der Waals surface area (Å²) in [5, 5.41) is 0. The Hall–Kier alpha value is -0.610. The molecule has 3 aliphatic rings. The van der Waals surface area contributed by atoms with Crippen LogP contribution in [0.25, 0.3) is 0 Å². The predicted molar refractivity (Wildman–Crippen MR) is 75.8 cm³/mol. The minimum atomic E-state index is 0.347. The van der Waals surface area contributed by atoms with Crippen LogP contribution in [0, 0.1) is 0 Å². The molecule has 3 saturated heterocycles. The van der Waals surface area contributed by atoms with Crippen molar-refractivity contribution < 1.29 is 4.79 Å². The topological polar surface area (TPSA) is 49.6 Å². The molecule has 3 rings (SSSR count). The van der Waals surface area contributed by atoms with E-state index in [1.54, 1.807) is 0 Å². The number of rotatable bonds is 2. The molecular weight excluding hydrogens is 238 g/mol. The molecule has 3 aliphatic heterocycles. The molecular formula is C15H27N3O. The fourth-order valence-electron chi connectivity index (χ4n) is 4.29. The normalized spacial score (nSPS) is 39.6. The SMILES string of the molecule is CC1CCCCN1C(=O)CN1C2CCC1CC(N)C2. The van der Waals surface area contributed by atoms with E-state index in [1.165, 1.54) is 32.1 Å². The van der Waals surface area contributed by atoms with Gasteiger partial charge in [-0.05, 0) is 51.9 Å². The van der Waals surface area contributed by atoms with Gasteiger partial charge in [-0.15, -0.1) is 0 Å². The number of fused-ring (bicyclic) bond motifs is 2. The summed E-state index contributed by atoms with van der Waals surface area (Å²) in [5.74, 6) is 0.347. The van der Waals surface area contributed by atoms with Crippen molar-refractivity contribution in [2.45, 2.75) is 76.0 Å². The Bertz CT molecular complexity index is 332. The first kappa shape index (κ1) is 13.4. The molecule has 0 aliphatic carbocycles. The Morgan fingerprint density at radius 1 is 1.16 bits per heavy atom. The number of nitrogens with zero attached hydrogens (tertiary/aromatic N) is 2. The minimum absolute atomic E-state index is 0.347. The highest BCUT2D eigenvalue weighted by Crippen LogP contribution is 2.35. The Labute approximate surface area is 116 Å². The largest absolute Gasteiger partial charge is 0.339 e. The molecule has 0 radical (unpaired) electrons. The van der Waals surface area contributed by atoms with Gasteiger partial charge in [0.05, 0.1) is 6.54 Å². The van der Waals surface area contributed by atoms with Crippen molar-refractivity contribution in [1.82, 2.24) is 9.80 Å². The molecule has 108 valence electrons. The molecule has 4 nitrogen and oxygen atoms in total. The molecule has 3 heterocycles. The molecule has 0 aromatic rings. The molecule has 19 heavy (non-hydrogen) atoms. The van der Waals surface area contributed by atoms with Crippen molar-refractivity contribution >= 4 is 5.91 Å². The lowest BCUT2D eigenvalue weighted by molar-refractivity contribution is -0.136. The third kappa shape index (κ3) is 2.65. The van der Waals surface area contributed by atoms with Gasteiger partial charge in [0.2, 0.25) is 5.91 Å². The van der Waals surface area contributed by atoms with Crippen molar-refractivity contribution in [3.05, 3.63) is 0 Å². The van der Waals surface area contributed by atoms with Gasteiger partial charge in [-0.3, -0.25) is 9.69 Å². The van der Waals surface area contributed by atoms with Gasteiger partial charge in [-0.2, -0.15) is 0 Å². The van der Waals surface area contributed by atoms with Gasteiger partial charge in [0.1, 0.15) is 0 Å². The van der Waals surface area contributed by atoms with Gasteiger partial charge in [0.15, 0.2) is 0 Å². The number of amides is 1. The number of piperidine rings is 2. The van der Waals surface area contributed by atoms with Crippen LogP contribution >= 0.6 is 0 Å². The van der Waals surface area contributed by atoms with E-state index in [2.05, 4.69) is 16.7 Å². The molecule has 2 bridgehead atoms. The van der Waals surface area contributed by atoms with Gasteiger partial charge in [0, 0.05) is 30.7 Å². The first-order valence-corrected chi connectivity index (χ1v) is 7.96. The van der Waals surface area contributed by atoms with E-state index in [-0.39, 0.29) is 0 Å². The van der Waals surface area contributed by atoms with Gasteiger partial charge < -0.3 is 10.6 Å². The van der Waals surface area contributed by atoms with Crippen LogP contribution in [0.3, 0.4) is 0 Å². The van der Waals surface area contributed by atoms with Crippen LogP contribution in [0.1, 0.15) is 51.9 Å². The standard InChI is InChI=1S/C15H27N3O/c1-11-4-2-3-7-17(11)15(19)10-18-13-5-6-14(18)9-12(16)8-13/h11-14H,2-10,16H2,1H3. The maximum atomic E-state index is 12.5. The number of hydrogen-bond acceptors (Lipinski definition) is 3. The number of carbonyl (C=O) groups excluding carboxylic acids is 1. The van der Waals surface area contributed by atoms with E-state index < -0.39 is 0 Å². The van der Waals surface area contributed by atoms with E-state index in [1.807, 2.05) is 0 Å². The van der Waals surface area contributed by atoms with Crippen molar-refractivity contribution in [1.29, 1.82) is 0 Å². The monoisotopic (exact) mass is 265 g/mol. The maximum Gasteiger partial charge on any atom is 0.237 e. The summed E-state index contributed by atoms with van der Waals surface area (Å²) in [5.41, 5.74) is 6.09. The molecule has 1 amide bonds. The number of carbonyl (C=O) groups is 1. The molecule has 2 N–H and O–H groups in total.